The second kappa shape index (κ2) is 4.79. The molecule has 2 N–H and O–H groups in total. The van der Waals surface area contributed by atoms with Crippen LogP contribution in [0.25, 0.3) is 11.0 Å². The lowest BCUT2D eigenvalue weighted by Crippen LogP contribution is -2.32. The number of fused-ring (bicyclic) bond motifs is 4. The van der Waals surface area contributed by atoms with Crippen LogP contribution < -0.4 is 15.2 Å². The molecule has 2 aromatic heterocycles. The van der Waals surface area contributed by atoms with Crippen LogP contribution in [0, 0.1) is 11.8 Å². The molecular formula is C17H20N4O2. The number of likely N-dealkylation sites (tertiary alicyclic amines) is 1. The van der Waals surface area contributed by atoms with Crippen LogP contribution in [0.3, 0.4) is 0 Å². The smallest absolute Gasteiger partial charge is 0.213 e. The molecule has 5 rings (SSSR count). The highest BCUT2D eigenvalue weighted by molar-refractivity contribution is 5.81. The van der Waals surface area contributed by atoms with Gasteiger partial charge in [-0.15, -0.1) is 0 Å². The summed E-state index contributed by atoms with van der Waals surface area (Å²) in [5, 5.41) is 0. The van der Waals surface area contributed by atoms with Crippen molar-refractivity contribution in [1.29, 1.82) is 0 Å². The number of rotatable bonds is 3. The third-order valence-corrected chi connectivity index (χ3v) is 5.56. The maximum Gasteiger partial charge on any atom is 0.213 e. The van der Waals surface area contributed by atoms with Gasteiger partial charge in [0.1, 0.15) is 11.3 Å². The molecule has 0 bridgehead atoms. The first-order valence-corrected chi connectivity index (χ1v) is 8.19. The third-order valence-electron chi connectivity index (χ3n) is 5.56. The highest BCUT2D eigenvalue weighted by Crippen LogP contribution is 2.45. The minimum absolute atomic E-state index is 0.337. The van der Waals surface area contributed by atoms with E-state index < -0.39 is 0 Å². The first kappa shape index (κ1) is 13.5. The van der Waals surface area contributed by atoms with E-state index >= 15 is 0 Å². The van der Waals surface area contributed by atoms with Crippen LogP contribution >= 0.6 is 0 Å². The summed E-state index contributed by atoms with van der Waals surface area (Å²) in [6.07, 6.45) is 1.82. The zero-order valence-corrected chi connectivity index (χ0v) is 13.1. The highest BCUT2D eigenvalue weighted by atomic mass is 16.5. The number of ether oxygens (including phenoxy) is 2. The fourth-order valence-electron chi connectivity index (χ4n) is 4.21. The second-order valence-corrected chi connectivity index (χ2v) is 6.89. The van der Waals surface area contributed by atoms with E-state index in [-0.39, 0.29) is 0 Å². The summed E-state index contributed by atoms with van der Waals surface area (Å²) in [4.78, 5) is 11.6. The first-order chi connectivity index (χ1) is 11.2. The summed E-state index contributed by atoms with van der Waals surface area (Å²) < 4.78 is 11.1. The molecule has 0 spiro atoms. The lowest BCUT2D eigenvalue weighted by atomic mass is 9.99. The van der Waals surface area contributed by atoms with Crippen molar-refractivity contribution in [3.8, 4) is 11.6 Å². The molecule has 3 aliphatic rings. The van der Waals surface area contributed by atoms with E-state index in [0.717, 1.165) is 36.4 Å². The number of nitrogens with two attached hydrogens (primary N) is 1. The Hall–Kier alpha value is -1.92. The van der Waals surface area contributed by atoms with Crippen molar-refractivity contribution in [3.05, 3.63) is 23.9 Å². The van der Waals surface area contributed by atoms with Crippen LogP contribution in [0.2, 0.25) is 0 Å². The van der Waals surface area contributed by atoms with E-state index in [1.165, 1.54) is 5.56 Å². The topological polar surface area (TPSA) is 73.5 Å². The van der Waals surface area contributed by atoms with Gasteiger partial charge in [-0.25, -0.2) is 4.98 Å². The van der Waals surface area contributed by atoms with Crippen molar-refractivity contribution in [2.45, 2.75) is 12.0 Å². The van der Waals surface area contributed by atoms with E-state index in [4.69, 9.17) is 15.2 Å². The number of hydrogen-bond donors (Lipinski definition) is 1. The van der Waals surface area contributed by atoms with Gasteiger partial charge in [-0.1, -0.05) is 0 Å². The van der Waals surface area contributed by atoms with Crippen LogP contribution in [-0.2, 0) is 0 Å². The number of aromatic nitrogens is 2. The summed E-state index contributed by atoms with van der Waals surface area (Å²) in [5.41, 5.74) is 9.02. The largest absolute Gasteiger partial charge is 0.491 e. The summed E-state index contributed by atoms with van der Waals surface area (Å²) in [6, 6.07) is 4.25. The Labute approximate surface area is 134 Å². The van der Waals surface area contributed by atoms with E-state index in [2.05, 4.69) is 14.9 Å². The molecule has 2 aliphatic heterocycles. The Morgan fingerprint density at radius 3 is 2.96 bits per heavy atom. The molecular weight excluding hydrogens is 292 g/mol. The van der Waals surface area contributed by atoms with Crippen molar-refractivity contribution in [1.82, 2.24) is 14.9 Å². The number of methoxy groups -OCH3 is 1. The van der Waals surface area contributed by atoms with E-state index in [1.54, 1.807) is 7.11 Å². The van der Waals surface area contributed by atoms with E-state index in [0.29, 0.717) is 36.3 Å². The molecule has 0 amide bonds. The Morgan fingerprint density at radius 1 is 1.35 bits per heavy atom. The summed E-state index contributed by atoms with van der Waals surface area (Å²) in [6.45, 7) is 3.95. The summed E-state index contributed by atoms with van der Waals surface area (Å²) in [5.74, 6) is 3.24. The molecule has 6 nitrogen and oxygen atoms in total. The molecule has 2 aromatic rings. The molecule has 0 radical (unpaired) electrons. The summed E-state index contributed by atoms with van der Waals surface area (Å²) in [7, 11) is 1.64. The Morgan fingerprint density at radius 2 is 2.17 bits per heavy atom. The first-order valence-electron chi connectivity index (χ1n) is 8.19. The Kier molecular flexibility index (Phi) is 2.81. The van der Waals surface area contributed by atoms with E-state index in [9.17, 15) is 0 Å². The van der Waals surface area contributed by atoms with Crippen LogP contribution in [-0.4, -0.2) is 54.3 Å². The maximum absolute atomic E-state index is 6.04. The van der Waals surface area contributed by atoms with Gasteiger partial charge in [-0.3, -0.25) is 4.98 Å². The zero-order chi connectivity index (χ0) is 15.6. The fraction of sp³-hybridized carbons (Fsp3) is 0.529. The molecule has 2 fully saturated rings. The molecule has 23 heavy (non-hydrogen) atoms. The van der Waals surface area contributed by atoms with Gasteiger partial charge in [0.05, 0.1) is 25.4 Å². The number of piperidine rings is 1. The molecule has 1 saturated heterocycles. The van der Waals surface area contributed by atoms with Crippen molar-refractivity contribution in [3.63, 3.8) is 0 Å². The molecule has 1 unspecified atom stereocenters. The van der Waals surface area contributed by atoms with Crippen molar-refractivity contribution in [2.75, 3.05) is 33.4 Å². The molecule has 1 saturated carbocycles. The van der Waals surface area contributed by atoms with Gasteiger partial charge in [0, 0.05) is 43.2 Å². The van der Waals surface area contributed by atoms with Gasteiger partial charge >= 0.3 is 0 Å². The normalized spacial score (nSPS) is 31.7. The van der Waals surface area contributed by atoms with Crippen LogP contribution in [0.15, 0.2) is 18.3 Å². The number of pyridine rings is 2. The highest BCUT2D eigenvalue weighted by Gasteiger charge is 2.53. The van der Waals surface area contributed by atoms with Crippen LogP contribution in [0.5, 0.6) is 11.6 Å². The van der Waals surface area contributed by atoms with Crippen LogP contribution in [0.1, 0.15) is 11.5 Å². The minimum Gasteiger partial charge on any atom is -0.491 e. The Balaban J connectivity index is 1.47. The quantitative estimate of drug-likeness (QED) is 0.911. The molecule has 4 heterocycles. The third kappa shape index (κ3) is 2.01. The van der Waals surface area contributed by atoms with Crippen LogP contribution in [0.4, 0.5) is 0 Å². The molecule has 6 heteroatoms. The Bertz CT molecular complexity index is 769. The molecule has 4 atom stereocenters. The zero-order valence-electron chi connectivity index (χ0n) is 13.1. The minimum atomic E-state index is 0.337. The van der Waals surface area contributed by atoms with Crippen molar-refractivity contribution in [2.24, 2.45) is 17.6 Å². The second-order valence-electron chi connectivity index (χ2n) is 6.89. The number of hydrogen-bond acceptors (Lipinski definition) is 6. The average molecular weight is 312 g/mol. The lowest BCUT2D eigenvalue weighted by Gasteiger charge is -2.22. The van der Waals surface area contributed by atoms with Crippen molar-refractivity contribution >= 4 is 11.0 Å². The van der Waals surface area contributed by atoms with Gasteiger partial charge in [0.2, 0.25) is 5.88 Å². The maximum atomic E-state index is 6.04. The molecule has 120 valence electrons. The van der Waals surface area contributed by atoms with Gasteiger partial charge in [-0.2, -0.15) is 0 Å². The fourth-order valence-corrected chi connectivity index (χ4v) is 4.21. The monoisotopic (exact) mass is 312 g/mol. The average Bonchev–Trinajstić information content (AvgIpc) is 2.99. The lowest BCUT2D eigenvalue weighted by molar-refractivity contribution is 0.248. The van der Waals surface area contributed by atoms with Crippen molar-refractivity contribution < 1.29 is 9.47 Å². The molecule has 0 aromatic carbocycles. The predicted octanol–water partition coefficient (Wildman–Crippen LogP) is 1.00. The molecule has 1 aliphatic carbocycles. The van der Waals surface area contributed by atoms with Gasteiger partial charge in [0.25, 0.3) is 0 Å². The van der Waals surface area contributed by atoms with Gasteiger partial charge < -0.3 is 20.1 Å². The number of nitrogens with zero attached hydrogens (tertiary/aromatic N) is 3. The SMILES string of the molecule is COc1ccc2ncc3c(c2n1)C(CN1C[C@@H]2[C@@H](N)[C@@H]2C1)CO3. The van der Waals surface area contributed by atoms with E-state index in [1.807, 2.05) is 18.3 Å². The van der Waals surface area contributed by atoms with Gasteiger partial charge in [0.15, 0.2) is 0 Å². The summed E-state index contributed by atoms with van der Waals surface area (Å²) >= 11 is 0. The standard InChI is InChI=1S/C17H20N4O2/c1-22-14-3-2-12-17(20-14)15-9(8-23-13(15)4-19-12)5-21-6-10-11(7-21)16(10)18/h2-4,9-11,16H,5-8,18H2,1H3/t9?,10-,11+,16+. The predicted molar refractivity (Wildman–Crippen MR) is 85.7 cm³/mol. The van der Waals surface area contributed by atoms with Gasteiger partial charge in [-0.05, 0) is 17.9 Å².